The Bertz CT molecular complexity index is 483. The third-order valence-electron chi connectivity index (χ3n) is 3.75. The van der Waals surface area contributed by atoms with Gasteiger partial charge in [-0.3, -0.25) is 9.69 Å². The van der Waals surface area contributed by atoms with Gasteiger partial charge in [0.25, 0.3) is 0 Å². The molecule has 0 aliphatic carbocycles. The Morgan fingerprint density at radius 2 is 1.86 bits per heavy atom. The lowest BCUT2D eigenvalue weighted by Crippen LogP contribution is -2.47. The third-order valence-corrected chi connectivity index (χ3v) is 3.75. The predicted molar refractivity (Wildman–Crippen MR) is 90.4 cm³/mol. The molecule has 118 valence electrons. The summed E-state index contributed by atoms with van der Waals surface area (Å²) in [5.74, 6) is 0.537. The molecule has 1 aromatic carbocycles. The van der Waals surface area contributed by atoms with Crippen molar-refractivity contribution in [3.8, 4) is 0 Å². The van der Waals surface area contributed by atoms with Crippen LogP contribution in [0.5, 0.6) is 0 Å². The number of nitrogens with two attached hydrogens (primary N) is 1. The molecule has 0 aromatic heterocycles. The van der Waals surface area contributed by atoms with Gasteiger partial charge in [0, 0.05) is 24.0 Å². The molecule has 1 unspecified atom stereocenters. The number of nitrogen functional groups attached to an aromatic ring is 1. The van der Waals surface area contributed by atoms with Crippen molar-refractivity contribution in [1.82, 2.24) is 4.90 Å². The van der Waals surface area contributed by atoms with E-state index in [0.717, 1.165) is 17.8 Å². The number of carbonyl (C=O) groups is 1. The summed E-state index contributed by atoms with van der Waals surface area (Å²) in [5, 5.41) is 3.00. The summed E-state index contributed by atoms with van der Waals surface area (Å²) in [6, 6.07) is 5.74. The molecule has 1 amide bonds. The summed E-state index contributed by atoms with van der Waals surface area (Å²) in [6.45, 7) is 13.4. The van der Waals surface area contributed by atoms with E-state index in [2.05, 4.69) is 37.9 Å². The quantitative estimate of drug-likeness (QED) is 0.791. The number of amides is 1. The molecular weight excluding hydrogens is 262 g/mol. The van der Waals surface area contributed by atoms with Crippen molar-refractivity contribution in [2.24, 2.45) is 5.92 Å². The van der Waals surface area contributed by atoms with Gasteiger partial charge >= 0.3 is 0 Å². The number of benzene rings is 1. The van der Waals surface area contributed by atoms with E-state index in [-0.39, 0.29) is 11.9 Å². The topological polar surface area (TPSA) is 58.4 Å². The second kappa shape index (κ2) is 7.46. The highest BCUT2D eigenvalue weighted by Crippen LogP contribution is 2.21. The molecule has 1 atom stereocenters. The Kier molecular flexibility index (Phi) is 6.21. The predicted octanol–water partition coefficient (Wildman–Crippen LogP) is 3.27. The fourth-order valence-corrected chi connectivity index (χ4v) is 2.41. The highest BCUT2D eigenvalue weighted by molar-refractivity contribution is 5.95. The van der Waals surface area contributed by atoms with Crippen molar-refractivity contribution in [1.29, 1.82) is 0 Å². The zero-order chi connectivity index (χ0) is 16.2. The molecule has 0 fully saturated rings. The molecule has 0 saturated carbocycles. The first-order valence-corrected chi connectivity index (χ1v) is 7.65. The minimum absolute atomic E-state index is 0.0121. The average Bonchev–Trinajstić information content (AvgIpc) is 2.40. The largest absolute Gasteiger partial charge is 0.398 e. The van der Waals surface area contributed by atoms with Gasteiger partial charge in [0.05, 0.1) is 6.04 Å². The van der Waals surface area contributed by atoms with Crippen LogP contribution in [0.1, 0.15) is 40.2 Å². The van der Waals surface area contributed by atoms with E-state index >= 15 is 0 Å². The van der Waals surface area contributed by atoms with E-state index in [4.69, 9.17) is 5.73 Å². The minimum atomic E-state index is -0.173. The first-order valence-electron chi connectivity index (χ1n) is 7.65. The van der Waals surface area contributed by atoms with Gasteiger partial charge in [-0.15, -0.1) is 0 Å². The molecule has 0 aliphatic rings. The van der Waals surface area contributed by atoms with E-state index in [0.29, 0.717) is 17.6 Å². The SMILES string of the molecule is Cc1c(N)cccc1NC(=O)C(C)N(CC(C)C)C(C)C. The van der Waals surface area contributed by atoms with Gasteiger partial charge in [-0.25, -0.2) is 0 Å². The molecule has 0 saturated heterocycles. The Morgan fingerprint density at radius 3 is 2.38 bits per heavy atom. The van der Waals surface area contributed by atoms with Crippen LogP contribution in [-0.4, -0.2) is 29.4 Å². The molecule has 3 N–H and O–H groups in total. The van der Waals surface area contributed by atoms with Crippen LogP contribution in [0.2, 0.25) is 0 Å². The van der Waals surface area contributed by atoms with Gasteiger partial charge in [-0.1, -0.05) is 19.9 Å². The van der Waals surface area contributed by atoms with Crippen molar-refractivity contribution >= 4 is 17.3 Å². The zero-order valence-corrected chi connectivity index (χ0v) is 14.1. The molecule has 0 spiro atoms. The smallest absolute Gasteiger partial charge is 0.241 e. The first kappa shape index (κ1) is 17.5. The van der Waals surface area contributed by atoms with Gasteiger partial charge in [-0.05, 0) is 51.3 Å². The van der Waals surface area contributed by atoms with E-state index in [9.17, 15) is 4.79 Å². The molecule has 0 radical (unpaired) electrons. The van der Waals surface area contributed by atoms with Crippen LogP contribution in [0, 0.1) is 12.8 Å². The minimum Gasteiger partial charge on any atom is -0.398 e. The molecule has 0 heterocycles. The molecule has 4 nitrogen and oxygen atoms in total. The van der Waals surface area contributed by atoms with Crippen LogP contribution < -0.4 is 11.1 Å². The number of nitrogens with one attached hydrogen (secondary N) is 1. The second-order valence-corrected chi connectivity index (χ2v) is 6.37. The summed E-state index contributed by atoms with van der Waals surface area (Å²) in [5.41, 5.74) is 8.29. The lowest BCUT2D eigenvalue weighted by molar-refractivity contribution is -0.121. The summed E-state index contributed by atoms with van der Waals surface area (Å²) in [7, 11) is 0. The van der Waals surface area contributed by atoms with E-state index < -0.39 is 0 Å². The molecule has 1 aromatic rings. The molecule has 0 aliphatic heterocycles. The molecule has 0 bridgehead atoms. The normalized spacial score (nSPS) is 13.0. The van der Waals surface area contributed by atoms with Gasteiger partial charge in [-0.2, -0.15) is 0 Å². The fourth-order valence-electron chi connectivity index (χ4n) is 2.41. The third kappa shape index (κ3) is 4.74. The summed E-state index contributed by atoms with van der Waals surface area (Å²) in [6.07, 6.45) is 0. The zero-order valence-electron chi connectivity index (χ0n) is 14.1. The Labute approximate surface area is 128 Å². The van der Waals surface area contributed by atoms with Crippen molar-refractivity contribution < 1.29 is 4.79 Å². The van der Waals surface area contributed by atoms with Crippen molar-refractivity contribution in [2.75, 3.05) is 17.6 Å². The van der Waals surface area contributed by atoms with Gasteiger partial charge in [0.1, 0.15) is 0 Å². The number of carbonyl (C=O) groups excluding carboxylic acids is 1. The standard InChI is InChI=1S/C17H29N3O/c1-11(2)10-20(12(3)4)14(6)17(21)19-16-9-7-8-15(18)13(16)5/h7-9,11-12,14H,10,18H2,1-6H3,(H,19,21). The summed E-state index contributed by atoms with van der Waals surface area (Å²) < 4.78 is 0. The highest BCUT2D eigenvalue weighted by Gasteiger charge is 2.24. The van der Waals surface area contributed by atoms with Gasteiger partial charge in [0.2, 0.25) is 5.91 Å². The number of hydrogen-bond donors (Lipinski definition) is 2. The van der Waals surface area contributed by atoms with E-state index in [1.54, 1.807) is 0 Å². The molecule has 4 heteroatoms. The van der Waals surface area contributed by atoms with Crippen LogP contribution in [0.4, 0.5) is 11.4 Å². The Hall–Kier alpha value is -1.55. The van der Waals surface area contributed by atoms with Crippen molar-refractivity contribution in [3.05, 3.63) is 23.8 Å². The Morgan fingerprint density at radius 1 is 1.24 bits per heavy atom. The molecule has 21 heavy (non-hydrogen) atoms. The van der Waals surface area contributed by atoms with E-state index in [1.807, 2.05) is 32.0 Å². The van der Waals surface area contributed by atoms with Crippen LogP contribution in [0.25, 0.3) is 0 Å². The van der Waals surface area contributed by atoms with E-state index in [1.165, 1.54) is 0 Å². The number of nitrogens with zero attached hydrogens (tertiary/aromatic N) is 1. The molecular formula is C17H29N3O. The Balaban J connectivity index is 2.83. The number of hydrogen-bond acceptors (Lipinski definition) is 3. The number of anilines is 2. The number of rotatable bonds is 6. The lowest BCUT2D eigenvalue weighted by Gasteiger charge is -2.33. The maximum atomic E-state index is 12.5. The maximum absolute atomic E-state index is 12.5. The summed E-state index contributed by atoms with van der Waals surface area (Å²) >= 11 is 0. The summed E-state index contributed by atoms with van der Waals surface area (Å²) in [4.78, 5) is 14.7. The highest BCUT2D eigenvalue weighted by atomic mass is 16.2. The average molecular weight is 291 g/mol. The monoisotopic (exact) mass is 291 g/mol. The van der Waals surface area contributed by atoms with Crippen LogP contribution >= 0.6 is 0 Å². The maximum Gasteiger partial charge on any atom is 0.241 e. The molecule has 1 rings (SSSR count). The van der Waals surface area contributed by atoms with Gasteiger partial charge in [0.15, 0.2) is 0 Å². The van der Waals surface area contributed by atoms with Crippen LogP contribution in [0.15, 0.2) is 18.2 Å². The van der Waals surface area contributed by atoms with Gasteiger partial charge < -0.3 is 11.1 Å². The fraction of sp³-hybridized carbons (Fsp3) is 0.588. The lowest BCUT2D eigenvalue weighted by atomic mass is 10.1. The van der Waals surface area contributed by atoms with Crippen molar-refractivity contribution in [2.45, 2.75) is 53.6 Å². The second-order valence-electron chi connectivity index (χ2n) is 6.37. The van der Waals surface area contributed by atoms with Crippen LogP contribution in [0.3, 0.4) is 0 Å². The first-order chi connectivity index (χ1) is 9.73. The van der Waals surface area contributed by atoms with Crippen LogP contribution in [-0.2, 0) is 4.79 Å². The van der Waals surface area contributed by atoms with Crippen molar-refractivity contribution in [3.63, 3.8) is 0 Å².